The summed E-state index contributed by atoms with van der Waals surface area (Å²) in [6.45, 7) is 2.95. The number of aromatic nitrogens is 4. The van der Waals surface area contributed by atoms with Crippen molar-refractivity contribution in [1.82, 2.24) is 25.1 Å². The summed E-state index contributed by atoms with van der Waals surface area (Å²) < 4.78 is 5.93. The number of rotatable bonds is 4. The highest BCUT2D eigenvalue weighted by Crippen LogP contribution is 2.30. The zero-order valence-corrected chi connectivity index (χ0v) is 15.5. The summed E-state index contributed by atoms with van der Waals surface area (Å²) in [5.41, 5.74) is 3.25. The van der Waals surface area contributed by atoms with Gasteiger partial charge in [-0.2, -0.15) is 0 Å². The molecule has 6 heteroatoms. The second kappa shape index (κ2) is 7.48. The molecule has 1 aliphatic heterocycles. The molecule has 0 aliphatic carbocycles. The van der Waals surface area contributed by atoms with Crippen LogP contribution in [0.25, 0.3) is 22.4 Å². The third-order valence-electron chi connectivity index (χ3n) is 5.40. The van der Waals surface area contributed by atoms with Gasteiger partial charge in [-0.05, 0) is 49.7 Å². The van der Waals surface area contributed by atoms with Gasteiger partial charge in [0.05, 0.1) is 11.1 Å². The fourth-order valence-corrected chi connectivity index (χ4v) is 3.88. The molecule has 1 saturated heterocycles. The van der Waals surface area contributed by atoms with Crippen molar-refractivity contribution in [3.8, 4) is 11.5 Å². The van der Waals surface area contributed by atoms with Gasteiger partial charge in [-0.3, -0.25) is 14.9 Å². The lowest BCUT2D eigenvalue weighted by molar-refractivity contribution is 0.193. The van der Waals surface area contributed by atoms with E-state index in [0.717, 1.165) is 49.4 Å². The van der Waals surface area contributed by atoms with Crippen molar-refractivity contribution in [2.24, 2.45) is 0 Å². The number of para-hydroxylation sites is 1. The van der Waals surface area contributed by atoms with Gasteiger partial charge in [0.1, 0.15) is 0 Å². The summed E-state index contributed by atoms with van der Waals surface area (Å²) in [5, 5.41) is 9.70. The number of fused-ring (bicyclic) bond motifs is 1. The Hall–Kier alpha value is -3.12. The molecule has 0 radical (unpaired) electrons. The van der Waals surface area contributed by atoms with Crippen LogP contribution < -0.4 is 0 Å². The van der Waals surface area contributed by atoms with Crippen LogP contribution in [0.3, 0.4) is 0 Å². The molecule has 1 fully saturated rings. The van der Waals surface area contributed by atoms with Gasteiger partial charge in [0.2, 0.25) is 11.8 Å². The fraction of sp³-hybridized carbons (Fsp3) is 0.273. The van der Waals surface area contributed by atoms with E-state index in [1.165, 1.54) is 10.9 Å². The molecular weight excluding hydrogens is 350 g/mol. The molecule has 4 aromatic rings. The van der Waals surface area contributed by atoms with E-state index in [1.54, 1.807) is 12.4 Å². The van der Waals surface area contributed by atoms with Crippen LogP contribution in [0.2, 0.25) is 0 Å². The summed E-state index contributed by atoms with van der Waals surface area (Å²) >= 11 is 0. The smallest absolute Gasteiger partial charge is 0.249 e. The quantitative estimate of drug-likeness (QED) is 0.539. The van der Waals surface area contributed by atoms with E-state index in [2.05, 4.69) is 49.3 Å². The molecule has 0 bridgehead atoms. The molecule has 140 valence electrons. The molecule has 1 aliphatic rings. The van der Waals surface area contributed by atoms with Crippen LogP contribution in [0.15, 0.2) is 65.5 Å². The monoisotopic (exact) mass is 371 g/mol. The van der Waals surface area contributed by atoms with Crippen LogP contribution in [-0.2, 0) is 6.54 Å². The summed E-state index contributed by atoms with van der Waals surface area (Å²) in [4.78, 5) is 11.2. The highest BCUT2D eigenvalue weighted by atomic mass is 16.4. The topological polar surface area (TPSA) is 67.9 Å². The summed E-state index contributed by atoms with van der Waals surface area (Å²) in [6, 6.07) is 14.3. The Morgan fingerprint density at radius 1 is 0.964 bits per heavy atom. The normalized spacial score (nSPS) is 15.9. The number of nitrogens with zero attached hydrogens (tertiary/aromatic N) is 5. The predicted molar refractivity (Wildman–Crippen MR) is 107 cm³/mol. The first-order chi connectivity index (χ1) is 13.9. The summed E-state index contributed by atoms with van der Waals surface area (Å²) in [5.74, 6) is 1.61. The zero-order valence-electron chi connectivity index (χ0n) is 15.5. The second-order valence-corrected chi connectivity index (χ2v) is 7.23. The first-order valence-corrected chi connectivity index (χ1v) is 9.65. The number of hydrogen-bond acceptors (Lipinski definition) is 6. The molecular formula is C22H21N5O. The maximum absolute atomic E-state index is 5.93. The third kappa shape index (κ3) is 3.39. The van der Waals surface area contributed by atoms with Gasteiger partial charge in [-0.25, -0.2) is 0 Å². The Balaban J connectivity index is 1.25. The Morgan fingerprint density at radius 3 is 2.68 bits per heavy atom. The van der Waals surface area contributed by atoms with Crippen molar-refractivity contribution in [1.29, 1.82) is 0 Å². The van der Waals surface area contributed by atoms with Crippen LogP contribution in [0.1, 0.15) is 30.2 Å². The molecule has 0 spiro atoms. The number of likely N-dealkylation sites (tertiary alicyclic amines) is 1. The lowest BCUT2D eigenvalue weighted by atomic mass is 9.96. The Morgan fingerprint density at radius 2 is 1.82 bits per heavy atom. The van der Waals surface area contributed by atoms with E-state index in [9.17, 15) is 0 Å². The largest absolute Gasteiger partial charge is 0.420 e. The summed E-state index contributed by atoms with van der Waals surface area (Å²) in [6.07, 6.45) is 7.40. The molecule has 4 heterocycles. The van der Waals surface area contributed by atoms with Crippen molar-refractivity contribution < 1.29 is 4.42 Å². The van der Waals surface area contributed by atoms with Gasteiger partial charge in [0, 0.05) is 36.4 Å². The van der Waals surface area contributed by atoms with Gasteiger partial charge >= 0.3 is 0 Å². The summed E-state index contributed by atoms with van der Waals surface area (Å²) in [7, 11) is 0. The highest BCUT2D eigenvalue weighted by molar-refractivity contribution is 5.81. The van der Waals surface area contributed by atoms with Crippen LogP contribution in [-0.4, -0.2) is 38.2 Å². The number of benzene rings is 1. The molecule has 0 unspecified atom stereocenters. The molecule has 3 aromatic heterocycles. The van der Waals surface area contributed by atoms with Crippen LogP contribution in [0, 0.1) is 0 Å². The number of pyridine rings is 2. The lowest BCUT2D eigenvalue weighted by Crippen LogP contribution is -2.32. The van der Waals surface area contributed by atoms with Gasteiger partial charge in [-0.15, -0.1) is 10.2 Å². The molecule has 28 heavy (non-hydrogen) atoms. The minimum Gasteiger partial charge on any atom is -0.420 e. The van der Waals surface area contributed by atoms with Crippen molar-refractivity contribution >= 4 is 10.9 Å². The number of hydrogen-bond donors (Lipinski definition) is 0. The molecule has 0 amide bonds. The molecule has 0 atom stereocenters. The molecule has 0 saturated carbocycles. The molecule has 0 N–H and O–H groups in total. The predicted octanol–water partition coefficient (Wildman–Crippen LogP) is 4.06. The van der Waals surface area contributed by atoms with Crippen molar-refractivity contribution in [2.75, 3.05) is 13.1 Å². The number of piperidine rings is 1. The zero-order chi connectivity index (χ0) is 18.8. The second-order valence-electron chi connectivity index (χ2n) is 7.23. The Labute approximate surface area is 163 Å². The van der Waals surface area contributed by atoms with E-state index in [4.69, 9.17) is 4.42 Å². The lowest BCUT2D eigenvalue weighted by Gasteiger charge is -2.30. The minimum absolute atomic E-state index is 0.319. The molecule has 5 rings (SSSR count). The van der Waals surface area contributed by atoms with Crippen LogP contribution in [0.4, 0.5) is 0 Å². The van der Waals surface area contributed by atoms with Gasteiger partial charge < -0.3 is 4.42 Å². The first kappa shape index (κ1) is 17.0. The van der Waals surface area contributed by atoms with E-state index in [-0.39, 0.29) is 0 Å². The highest BCUT2D eigenvalue weighted by Gasteiger charge is 2.25. The van der Waals surface area contributed by atoms with E-state index >= 15 is 0 Å². The Bertz CT molecular complexity index is 1070. The van der Waals surface area contributed by atoms with Crippen LogP contribution >= 0.6 is 0 Å². The minimum atomic E-state index is 0.319. The van der Waals surface area contributed by atoms with Crippen molar-refractivity contribution in [3.63, 3.8) is 0 Å². The first-order valence-electron chi connectivity index (χ1n) is 9.65. The van der Waals surface area contributed by atoms with E-state index in [1.807, 2.05) is 24.4 Å². The standard InChI is InChI=1S/C22H21N5O/c1-4-16-6-3-11-24-20(16)19(5-1)15-27-12-8-17(9-13-27)21-25-26-22(28-21)18-7-2-10-23-14-18/h1-7,10-11,14,17H,8-9,12-13,15H2. The average molecular weight is 371 g/mol. The van der Waals surface area contributed by atoms with Crippen molar-refractivity contribution in [2.45, 2.75) is 25.3 Å². The van der Waals surface area contributed by atoms with E-state index < -0.39 is 0 Å². The molecule has 1 aromatic carbocycles. The van der Waals surface area contributed by atoms with Gasteiger partial charge in [0.15, 0.2) is 0 Å². The SMILES string of the molecule is c1cncc(-c2nnc(C3CCN(Cc4cccc5cccnc45)CC3)o2)c1. The maximum atomic E-state index is 5.93. The average Bonchev–Trinajstić information content (AvgIpc) is 3.26. The Kier molecular flexibility index (Phi) is 4.54. The maximum Gasteiger partial charge on any atom is 0.249 e. The third-order valence-corrected chi connectivity index (χ3v) is 5.40. The van der Waals surface area contributed by atoms with E-state index in [0.29, 0.717) is 11.8 Å². The van der Waals surface area contributed by atoms with Gasteiger partial charge in [0.25, 0.3) is 0 Å². The molecule has 6 nitrogen and oxygen atoms in total. The van der Waals surface area contributed by atoms with Crippen molar-refractivity contribution in [3.05, 3.63) is 72.5 Å². The van der Waals surface area contributed by atoms with Crippen LogP contribution in [0.5, 0.6) is 0 Å². The fourth-order valence-electron chi connectivity index (χ4n) is 3.88. The van der Waals surface area contributed by atoms with Gasteiger partial charge in [-0.1, -0.05) is 24.3 Å².